The molecule has 3 rings (SSSR count). The van der Waals surface area contributed by atoms with E-state index in [2.05, 4.69) is 32.7 Å². The first kappa shape index (κ1) is 22.6. The molecule has 4 nitrogen and oxygen atoms in total. The molecule has 0 bridgehead atoms. The first-order valence-corrected chi connectivity index (χ1v) is 11.2. The minimum absolute atomic E-state index is 0.0506. The Balaban J connectivity index is 1.64. The summed E-state index contributed by atoms with van der Waals surface area (Å²) in [5.74, 6) is 2.06. The van der Waals surface area contributed by atoms with Crippen LogP contribution in [-0.2, 0) is 4.79 Å². The van der Waals surface area contributed by atoms with E-state index >= 15 is 0 Å². The van der Waals surface area contributed by atoms with Gasteiger partial charge >= 0.3 is 0 Å². The topological polar surface area (TPSA) is 69.6 Å². The number of hydrogen-bond donors (Lipinski definition) is 3. The molecule has 0 saturated heterocycles. The van der Waals surface area contributed by atoms with Crippen LogP contribution < -0.4 is 5.32 Å². The lowest BCUT2D eigenvalue weighted by Gasteiger charge is -2.55. The largest absolute Gasteiger partial charge is 0.508 e. The second kappa shape index (κ2) is 8.97. The predicted molar refractivity (Wildman–Crippen MR) is 122 cm³/mol. The highest BCUT2D eigenvalue weighted by Gasteiger charge is 2.51. The van der Waals surface area contributed by atoms with Crippen LogP contribution >= 0.6 is 0 Å². The zero-order valence-electron chi connectivity index (χ0n) is 18.8. The maximum Gasteiger partial charge on any atom is 0.248 e. The Kier molecular flexibility index (Phi) is 6.76. The number of hydrogen-bond acceptors (Lipinski definition) is 3. The minimum atomic E-state index is -0.231. The molecular weight excluding hydrogens is 374 g/mol. The van der Waals surface area contributed by atoms with Gasteiger partial charge in [0, 0.05) is 11.8 Å². The number of nitrogens with one attached hydrogen (secondary N) is 1. The number of benzene rings is 1. The van der Waals surface area contributed by atoms with E-state index in [0.717, 1.165) is 37.7 Å². The number of allylic oxidation sites excluding steroid dienone is 2. The molecule has 2 fully saturated rings. The molecule has 5 unspecified atom stereocenters. The van der Waals surface area contributed by atoms with Crippen molar-refractivity contribution in [2.24, 2.45) is 29.1 Å². The highest BCUT2D eigenvalue weighted by atomic mass is 16.3. The van der Waals surface area contributed by atoms with E-state index in [0.29, 0.717) is 29.4 Å². The zero-order valence-corrected chi connectivity index (χ0v) is 18.8. The molecule has 3 N–H and O–H groups in total. The summed E-state index contributed by atoms with van der Waals surface area (Å²) in [6.45, 7) is 13.2. The number of rotatable bonds is 5. The average Bonchev–Trinajstić information content (AvgIpc) is 2.67. The van der Waals surface area contributed by atoms with Gasteiger partial charge in [0.15, 0.2) is 0 Å². The van der Waals surface area contributed by atoms with Gasteiger partial charge in [0.1, 0.15) is 5.75 Å². The first-order valence-electron chi connectivity index (χ1n) is 11.2. The van der Waals surface area contributed by atoms with Crippen molar-refractivity contribution in [2.45, 2.75) is 65.9 Å². The van der Waals surface area contributed by atoms with Gasteiger partial charge in [0.25, 0.3) is 0 Å². The van der Waals surface area contributed by atoms with Crippen LogP contribution in [-0.4, -0.2) is 22.2 Å². The Hall–Kier alpha value is -2.07. The number of carbonyl (C=O) groups is 1. The lowest BCUT2D eigenvalue weighted by atomic mass is 9.50. The van der Waals surface area contributed by atoms with Gasteiger partial charge < -0.3 is 15.5 Å². The molecule has 2 aliphatic rings. The van der Waals surface area contributed by atoms with Gasteiger partial charge in [0.05, 0.1) is 6.10 Å². The van der Waals surface area contributed by atoms with Crippen LogP contribution in [0.15, 0.2) is 48.1 Å². The molecule has 2 saturated carbocycles. The van der Waals surface area contributed by atoms with Crippen molar-refractivity contribution in [1.82, 2.24) is 0 Å². The van der Waals surface area contributed by atoms with Crippen LogP contribution in [0.3, 0.4) is 0 Å². The minimum Gasteiger partial charge on any atom is -0.508 e. The van der Waals surface area contributed by atoms with Crippen molar-refractivity contribution in [1.29, 1.82) is 0 Å². The molecule has 1 aromatic rings. The fourth-order valence-corrected chi connectivity index (χ4v) is 5.79. The Morgan fingerprint density at radius 3 is 2.63 bits per heavy atom. The number of carbonyl (C=O) groups excluding carboxylic acids is 1. The molecule has 5 atom stereocenters. The Bertz CT molecular complexity index is 808. The number of amides is 1. The van der Waals surface area contributed by atoms with Crippen molar-refractivity contribution >= 4 is 11.6 Å². The fraction of sp³-hybridized carbons (Fsp3) is 0.577. The monoisotopic (exact) mass is 411 g/mol. The number of aromatic hydroxyl groups is 1. The van der Waals surface area contributed by atoms with Crippen LogP contribution in [0.5, 0.6) is 5.75 Å². The molecule has 2 aliphatic carbocycles. The highest BCUT2D eigenvalue weighted by molar-refractivity contribution is 5.99. The summed E-state index contributed by atoms with van der Waals surface area (Å²) >= 11 is 0. The van der Waals surface area contributed by atoms with E-state index in [-0.39, 0.29) is 23.2 Å². The summed E-state index contributed by atoms with van der Waals surface area (Å²) in [5, 5.41) is 22.9. The third-order valence-corrected chi connectivity index (χ3v) is 7.66. The summed E-state index contributed by atoms with van der Waals surface area (Å²) in [7, 11) is 0. The highest BCUT2D eigenvalue weighted by Crippen LogP contribution is 2.56. The lowest BCUT2D eigenvalue weighted by Crippen LogP contribution is -2.52. The van der Waals surface area contributed by atoms with E-state index in [4.69, 9.17) is 0 Å². The normalized spacial score (nSPS) is 31.2. The van der Waals surface area contributed by atoms with Crippen molar-refractivity contribution < 1.29 is 15.0 Å². The van der Waals surface area contributed by atoms with Gasteiger partial charge in [-0.25, -0.2) is 0 Å². The van der Waals surface area contributed by atoms with Crippen molar-refractivity contribution in [2.75, 3.05) is 5.32 Å². The van der Waals surface area contributed by atoms with Crippen LogP contribution in [0, 0.1) is 29.1 Å². The molecule has 0 radical (unpaired) electrons. The van der Waals surface area contributed by atoms with Gasteiger partial charge in [-0.2, -0.15) is 0 Å². The second-order valence-corrected chi connectivity index (χ2v) is 10.1. The quantitative estimate of drug-likeness (QED) is 0.331. The van der Waals surface area contributed by atoms with Gasteiger partial charge in [-0.05, 0) is 92.4 Å². The first-order chi connectivity index (χ1) is 14.1. The van der Waals surface area contributed by atoms with E-state index in [1.807, 2.05) is 6.92 Å². The Morgan fingerprint density at radius 1 is 1.30 bits per heavy atom. The smallest absolute Gasteiger partial charge is 0.248 e. The number of phenols is 1. The number of phenolic OH excluding ortho intramolecular Hbond substituents is 1. The van der Waals surface area contributed by atoms with Gasteiger partial charge in [-0.15, -0.1) is 0 Å². The summed E-state index contributed by atoms with van der Waals surface area (Å²) in [6.07, 6.45) is 6.34. The van der Waals surface area contributed by atoms with Crippen molar-refractivity contribution in [3.05, 3.63) is 48.1 Å². The standard InChI is InChI=1S/C26H37NO3/c1-16(14-24(30)27-19-8-10-20(28)11-9-19)6-12-21-17(2)7-13-22-25(21)18(3)15-23(29)26(22,4)5/h8-11,14,18,21-23,25,28-29H,2,6-7,12-13,15H2,1,3-5H3,(H,27,30). The summed E-state index contributed by atoms with van der Waals surface area (Å²) < 4.78 is 0. The van der Waals surface area contributed by atoms with Gasteiger partial charge in [0.2, 0.25) is 5.91 Å². The number of aliphatic hydroxyl groups is 1. The lowest BCUT2D eigenvalue weighted by molar-refractivity contribution is -0.112. The van der Waals surface area contributed by atoms with Crippen LogP contribution in [0.25, 0.3) is 0 Å². The Labute approximate surface area is 181 Å². The zero-order chi connectivity index (χ0) is 22.1. The molecule has 164 valence electrons. The SMILES string of the molecule is C=C1CCC2C(C(C)CC(O)C2(C)C)C1CCC(C)=CC(=O)Nc1ccc(O)cc1. The second-order valence-electron chi connectivity index (χ2n) is 10.1. The van der Waals surface area contributed by atoms with E-state index in [1.165, 1.54) is 5.57 Å². The molecule has 4 heteroatoms. The maximum absolute atomic E-state index is 12.3. The summed E-state index contributed by atoms with van der Waals surface area (Å²) in [4.78, 5) is 12.3. The molecule has 0 heterocycles. The summed E-state index contributed by atoms with van der Waals surface area (Å²) in [5.41, 5.74) is 3.02. The number of anilines is 1. The summed E-state index contributed by atoms with van der Waals surface area (Å²) in [6, 6.07) is 6.48. The molecule has 1 amide bonds. The maximum atomic E-state index is 12.3. The van der Waals surface area contributed by atoms with Crippen molar-refractivity contribution in [3.63, 3.8) is 0 Å². The fourth-order valence-electron chi connectivity index (χ4n) is 5.79. The average molecular weight is 412 g/mol. The molecule has 0 aromatic heterocycles. The molecule has 0 spiro atoms. The predicted octanol–water partition coefficient (Wildman–Crippen LogP) is 5.68. The molecule has 0 aliphatic heterocycles. The molecular formula is C26H37NO3. The van der Waals surface area contributed by atoms with Crippen molar-refractivity contribution in [3.8, 4) is 5.75 Å². The van der Waals surface area contributed by atoms with E-state index < -0.39 is 0 Å². The van der Waals surface area contributed by atoms with Gasteiger partial charge in [-0.1, -0.05) is 38.5 Å². The van der Waals surface area contributed by atoms with E-state index in [1.54, 1.807) is 30.3 Å². The van der Waals surface area contributed by atoms with Gasteiger partial charge in [-0.3, -0.25) is 4.79 Å². The third-order valence-electron chi connectivity index (χ3n) is 7.66. The Morgan fingerprint density at radius 2 is 1.97 bits per heavy atom. The number of aliphatic hydroxyl groups excluding tert-OH is 1. The number of fused-ring (bicyclic) bond motifs is 1. The van der Waals surface area contributed by atoms with Crippen LogP contribution in [0.1, 0.15) is 59.8 Å². The van der Waals surface area contributed by atoms with Crippen LogP contribution in [0.4, 0.5) is 5.69 Å². The molecule has 1 aromatic carbocycles. The van der Waals surface area contributed by atoms with E-state index in [9.17, 15) is 15.0 Å². The van der Waals surface area contributed by atoms with Crippen LogP contribution in [0.2, 0.25) is 0 Å². The molecule has 30 heavy (non-hydrogen) atoms. The third kappa shape index (κ3) is 4.80.